The fraction of sp³-hybridized carbons (Fsp3) is 0.235. The third-order valence-electron chi connectivity index (χ3n) is 3.58. The molecule has 2 aromatic carbocycles. The topological polar surface area (TPSA) is 66.9 Å². The van der Waals surface area contributed by atoms with Crippen molar-refractivity contribution >= 4 is 21.6 Å². The molecular formula is C17H20N2O4S. The van der Waals surface area contributed by atoms with E-state index in [1.165, 1.54) is 28.4 Å². The number of rotatable bonds is 5. The van der Waals surface area contributed by atoms with Crippen LogP contribution in [0, 0.1) is 0 Å². The van der Waals surface area contributed by atoms with Gasteiger partial charge in [-0.2, -0.15) is 0 Å². The van der Waals surface area contributed by atoms with Crippen molar-refractivity contribution in [1.29, 1.82) is 0 Å². The van der Waals surface area contributed by atoms with Crippen LogP contribution in [0.25, 0.3) is 0 Å². The minimum atomic E-state index is -3.77. The second-order valence-electron chi connectivity index (χ2n) is 5.40. The molecule has 1 amide bonds. The minimum Gasteiger partial charge on any atom is -0.497 e. The number of ether oxygens (including phenoxy) is 1. The van der Waals surface area contributed by atoms with Crippen molar-refractivity contribution in [3.63, 3.8) is 0 Å². The van der Waals surface area contributed by atoms with Gasteiger partial charge in [-0.1, -0.05) is 6.07 Å². The number of anilines is 1. The molecule has 0 unspecified atom stereocenters. The Labute approximate surface area is 142 Å². The predicted molar refractivity (Wildman–Crippen MR) is 93.0 cm³/mol. The first-order valence-corrected chi connectivity index (χ1v) is 8.66. The Kier molecular flexibility index (Phi) is 5.14. The van der Waals surface area contributed by atoms with E-state index in [-0.39, 0.29) is 10.8 Å². The summed E-state index contributed by atoms with van der Waals surface area (Å²) in [6.45, 7) is 0. The number of carbonyl (C=O) groups is 1. The molecule has 0 saturated heterocycles. The third kappa shape index (κ3) is 3.51. The molecule has 0 aliphatic rings. The first-order chi connectivity index (χ1) is 11.3. The van der Waals surface area contributed by atoms with Gasteiger partial charge in [-0.15, -0.1) is 0 Å². The highest BCUT2D eigenvalue weighted by Gasteiger charge is 2.22. The Morgan fingerprint density at radius 1 is 1.00 bits per heavy atom. The summed E-state index contributed by atoms with van der Waals surface area (Å²) in [5.41, 5.74) is 0.823. The molecule has 2 aromatic rings. The highest BCUT2D eigenvalue weighted by molar-refractivity contribution is 7.92. The fourth-order valence-electron chi connectivity index (χ4n) is 2.14. The minimum absolute atomic E-state index is 0.0634. The van der Waals surface area contributed by atoms with Crippen molar-refractivity contribution in [1.82, 2.24) is 4.90 Å². The van der Waals surface area contributed by atoms with Gasteiger partial charge in [-0.3, -0.25) is 9.10 Å². The highest BCUT2D eigenvalue weighted by atomic mass is 32.2. The van der Waals surface area contributed by atoms with E-state index in [4.69, 9.17) is 4.74 Å². The van der Waals surface area contributed by atoms with Crippen LogP contribution in [0.3, 0.4) is 0 Å². The molecule has 128 valence electrons. The monoisotopic (exact) mass is 348 g/mol. The van der Waals surface area contributed by atoms with Crippen LogP contribution >= 0.6 is 0 Å². The highest BCUT2D eigenvalue weighted by Crippen LogP contribution is 2.24. The van der Waals surface area contributed by atoms with Crippen LogP contribution in [0.4, 0.5) is 5.69 Å². The molecule has 0 fully saturated rings. The van der Waals surface area contributed by atoms with Crippen LogP contribution in [-0.4, -0.2) is 47.5 Å². The maximum Gasteiger partial charge on any atom is 0.264 e. The number of benzene rings is 2. The second kappa shape index (κ2) is 6.92. The molecule has 0 bridgehead atoms. The van der Waals surface area contributed by atoms with E-state index in [1.807, 2.05) is 0 Å². The Balaban J connectivity index is 2.38. The quantitative estimate of drug-likeness (QED) is 0.831. The maximum atomic E-state index is 12.8. The first-order valence-electron chi connectivity index (χ1n) is 7.22. The lowest BCUT2D eigenvalue weighted by atomic mass is 10.2. The van der Waals surface area contributed by atoms with Crippen LogP contribution in [0.1, 0.15) is 10.4 Å². The van der Waals surface area contributed by atoms with E-state index in [0.717, 1.165) is 0 Å². The van der Waals surface area contributed by atoms with Gasteiger partial charge in [0.15, 0.2) is 0 Å². The van der Waals surface area contributed by atoms with Crippen molar-refractivity contribution < 1.29 is 17.9 Å². The zero-order chi connectivity index (χ0) is 17.9. The predicted octanol–water partition coefficient (Wildman–Crippen LogP) is 2.22. The normalized spacial score (nSPS) is 11.0. The molecule has 0 N–H and O–H groups in total. The Bertz CT molecular complexity index is 830. The summed E-state index contributed by atoms with van der Waals surface area (Å²) >= 11 is 0. The van der Waals surface area contributed by atoms with Gasteiger partial charge in [0.2, 0.25) is 0 Å². The smallest absolute Gasteiger partial charge is 0.264 e. The molecule has 24 heavy (non-hydrogen) atoms. The summed E-state index contributed by atoms with van der Waals surface area (Å²) in [5.74, 6) is 0.391. The van der Waals surface area contributed by atoms with Gasteiger partial charge in [0, 0.05) is 26.7 Å². The van der Waals surface area contributed by atoms with E-state index in [2.05, 4.69) is 0 Å². The Morgan fingerprint density at radius 2 is 1.62 bits per heavy atom. The van der Waals surface area contributed by atoms with Gasteiger partial charge >= 0.3 is 0 Å². The Morgan fingerprint density at radius 3 is 2.17 bits per heavy atom. The second-order valence-corrected chi connectivity index (χ2v) is 7.37. The van der Waals surface area contributed by atoms with Crippen LogP contribution in [0.15, 0.2) is 53.4 Å². The van der Waals surface area contributed by atoms with Gasteiger partial charge in [0.25, 0.3) is 15.9 Å². The number of methoxy groups -OCH3 is 1. The lowest BCUT2D eigenvalue weighted by Gasteiger charge is -2.20. The number of sulfonamides is 1. The molecule has 0 aromatic heterocycles. The zero-order valence-corrected chi connectivity index (χ0v) is 14.9. The molecule has 0 radical (unpaired) electrons. The molecule has 0 heterocycles. The van der Waals surface area contributed by atoms with Crippen LogP contribution in [0.5, 0.6) is 5.75 Å². The van der Waals surface area contributed by atoms with Crippen molar-refractivity contribution in [3.8, 4) is 5.75 Å². The fourth-order valence-corrected chi connectivity index (χ4v) is 3.38. The van der Waals surface area contributed by atoms with Gasteiger partial charge in [-0.05, 0) is 42.5 Å². The van der Waals surface area contributed by atoms with E-state index < -0.39 is 10.0 Å². The molecular weight excluding hydrogens is 328 g/mol. The maximum absolute atomic E-state index is 12.8. The molecule has 0 aliphatic heterocycles. The largest absolute Gasteiger partial charge is 0.497 e. The molecule has 6 nitrogen and oxygen atoms in total. The van der Waals surface area contributed by atoms with Crippen molar-refractivity contribution in [2.24, 2.45) is 0 Å². The molecule has 0 atom stereocenters. The van der Waals surface area contributed by atoms with Gasteiger partial charge in [-0.25, -0.2) is 8.42 Å². The standard InChI is InChI=1S/C17H20N2O4S/c1-18(2)17(20)13-6-5-7-16(12-13)24(21,22)19(3)14-8-10-15(23-4)11-9-14/h5-12H,1-4H3. The average Bonchev–Trinajstić information content (AvgIpc) is 2.60. The Hall–Kier alpha value is -2.54. The number of carbonyl (C=O) groups excluding carboxylic acids is 1. The number of hydrogen-bond donors (Lipinski definition) is 0. The molecule has 2 rings (SSSR count). The van der Waals surface area contributed by atoms with Gasteiger partial charge in [0.05, 0.1) is 17.7 Å². The van der Waals surface area contributed by atoms with Crippen LogP contribution in [-0.2, 0) is 10.0 Å². The summed E-state index contributed by atoms with van der Waals surface area (Å²) in [6.07, 6.45) is 0. The number of nitrogens with zero attached hydrogens (tertiary/aromatic N) is 2. The van der Waals surface area contributed by atoms with E-state index in [9.17, 15) is 13.2 Å². The molecule has 0 aliphatic carbocycles. The third-order valence-corrected chi connectivity index (χ3v) is 5.36. The summed E-state index contributed by atoms with van der Waals surface area (Å²) in [6, 6.07) is 12.7. The van der Waals surface area contributed by atoms with Crippen LogP contribution < -0.4 is 9.04 Å². The molecule has 0 spiro atoms. The van der Waals surface area contributed by atoms with Gasteiger partial charge < -0.3 is 9.64 Å². The lowest BCUT2D eigenvalue weighted by molar-refractivity contribution is 0.0827. The summed E-state index contributed by atoms with van der Waals surface area (Å²) in [7, 11) is 2.48. The summed E-state index contributed by atoms with van der Waals surface area (Å²) in [4.78, 5) is 13.5. The molecule has 0 saturated carbocycles. The zero-order valence-electron chi connectivity index (χ0n) is 14.1. The SMILES string of the molecule is COc1ccc(N(C)S(=O)(=O)c2cccc(C(=O)N(C)C)c2)cc1. The van der Waals surface area contributed by atoms with Crippen molar-refractivity contribution in [3.05, 3.63) is 54.1 Å². The summed E-state index contributed by atoms with van der Waals surface area (Å²) in [5, 5.41) is 0. The first kappa shape index (κ1) is 17.8. The van der Waals surface area contributed by atoms with Crippen LogP contribution in [0.2, 0.25) is 0 Å². The summed E-state index contributed by atoms with van der Waals surface area (Å²) < 4.78 is 31.8. The number of amides is 1. The van der Waals surface area contributed by atoms with Gasteiger partial charge in [0.1, 0.15) is 5.75 Å². The van der Waals surface area contributed by atoms with E-state index >= 15 is 0 Å². The lowest BCUT2D eigenvalue weighted by Crippen LogP contribution is -2.27. The van der Waals surface area contributed by atoms with Crippen molar-refractivity contribution in [2.75, 3.05) is 32.6 Å². The van der Waals surface area contributed by atoms with E-state index in [1.54, 1.807) is 57.6 Å². The van der Waals surface area contributed by atoms with E-state index in [0.29, 0.717) is 17.0 Å². The number of hydrogen-bond acceptors (Lipinski definition) is 4. The average molecular weight is 348 g/mol. The van der Waals surface area contributed by atoms with Crippen molar-refractivity contribution in [2.45, 2.75) is 4.90 Å². The molecule has 7 heteroatoms.